The van der Waals surface area contributed by atoms with E-state index in [0.29, 0.717) is 10.7 Å². The van der Waals surface area contributed by atoms with E-state index in [2.05, 4.69) is 37.9 Å². The third-order valence-electron chi connectivity index (χ3n) is 6.48. The number of anilines is 1. The number of ether oxygens (including phenoxy) is 1. The van der Waals surface area contributed by atoms with E-state index in [9.17, 15) is 9.59 Å². The van der Waals surface area contributed by atoms with Crippen LogP contribution in [0, 0.1) is 5.92 Å². The Labute approximate surface area is 180 Å². The van der Waals surface area contributed by atoms with Crippen LogP contribution in [-0.2, 0) is 19.7 Å². The maximum atomic E-state index is 13.6. The molecule has 1 saturated carbocycles. The molecule has 3 heterocycles. The molecule has 1 aliphatic carbocycles. The normalized spacial score (nSPS) is 26.5. The van der Waals surface area contributed by atoms with Crippen molar-refractivity contribution in [3.8, 4) is 0 Å². The molecule has 2 aliphatic heterocycles. The van der Waals surface area contributed by atoms with Crippen LogP contribution in [0.1, 0.15) is 63.6 Å². The van der Waals surface area contributed by atoms with Gasteiger partial charge in [-0.3, -0.25) is 14.5 Å². The lowest BCUT2D eigenvalue weighted by atomic mass is 9.77. The van der Waals surface area contributed by atoms with Gasteiger partial charge in [0.25, 0.3) is 5.91 Å². The van der Waals surface area contributed by atoms with E-state index in [4.69, 9.17) is 4.74 Å². The average Bonchev–Trinajstić information content (AvgIpc) is 3.34. The van der Waals surface area contributed by atoms with Crippen LogP contribution in [-0.4, -0.2) is 22.8 Å². The van der Waals surface area contributed by atoms with Gasteiger partial charge in [-0.15, -0.1) is 11.3 Å². The number of carbonyl (C=O) groups is 2. The van der Waals surface area contributed by atoms with Gasteiger partial charge < -0.3 is 4.74 Å². The van der Waals surface area contributed by atoms with E-state index < -0.39 is 6.04 Å². The van der Waals surface area contributed by atoms with Gasteiger partial charge in [-0.1, -0.05) is 51.5 Å². The summed E-state index contributed by atoms with van der Waals surface area (Å²) in [7, 11) is 0. The average molecular weight is 423 g/mol. The molecule has 6 heteroatoms. The number of hydrogen-bond acceptors (Lipinski definition) is 5. The molecule has 1 aromatic carbocycles. The Morgan fingerprint density at radius 3 is 2.50 bits per heavy atom. The van der Waals surface area contributed by atoms with Crippen LogP contribution in [0.15, 0.2) is 47.2 Å². The molecule has 0 N–H and O–H groups in total. The highest BCUT2D eigenvalue weighted by molar-refractivity contribution is 7.13. The zero-order valence-corrected chi connectivity index (χ0v) is 18.4. The van der Waals surface area contributed by atoms with Gasteiger partial charge in [0, 0.05) is 11.6 Å². The Kier molecular flexibility index (Phi) is 4.58. The zero-order valence-electron chi connectivity index (χ0n) is 17.6. The third-order valence-corrected chi connectivity index (χ3v) is 7.25. The third kappa shape index (κ3) is 3.00. The Morgan fingerprint density at radius 2 is 1.83 bits per heavy atom. The van der Waals surface area contributed by atoms with Crippen LogP contribution in [0.4, 0.5) is 5.13 Å². The van der Waals surface area contributed by atoms with Crippen LogP contribution in [0.5, 0.6) is 0 Å². The number of nitrogens with zero attached hydrogens (tertiary/aromatic N) is 2. The molecule has 0 bridgehead atoms. The molecule has 1 amide bonds. The van der Waals surface area contributed by atoms with E-state index in [-0.39, 0.29) is 34.9 Å². The van der Waals surface area contributed by atoms with Crippen LogP contribution >= 0.6 is 11.3 Å². The molecule has 1 fully saturated rings. The number of fused-ring (bicyclic) bond motifs is 1. The lowest BCUT2D eigenvalue weighted by Crippen LogP contribution is -2.39. The van der Waals surface area contributed by atoms with Crippen molar-refractivity contribution in [2.75, 3.05) is 4.90 Å². The van der Waals surface area contributed by atoms with Crippen LogP contribution in [0.3, 0.4) is 0 Å². The summed E-state index contributed by atoms with van der Waals surface area (Å²) in [5.41, 5.74) is 2.68. The fourth-order valence-electron chi connectivity index (χ4n) is 4.86. The highest BCUT2D eigenvalue weighted by atomic mass is 32.1. The summed E-state index contributed by atoms with van der Waals surface area (Å²) in [6.45, 7) is 6.52. The van der Waals surface area contributed by atoms with Gasteiger partial charge in [-0.05, 0) is 35.8 Å². The van der Waals surface area contributed by atoms with Gasteiger partial charge in [0.2, 0.25) is 0 Å². The van der Waals surface area contributed by atoms with Gasteiger partial charge in [0.15, 0.2) is 16.7 Å². The van der Waals surface area contributed by atoms with E-state index in [1.807, 2.05) is 17.5 Å². The maximum absolute atomic E-state index is 13.6. The van der Waals surface area contributed by atoms with Crippen molar-refractivity contribution in [1.29, 1.82) is 0 Å². The Balaban J connectivity index is 1.62. The number of amides is 1. The Hall–Kier alpha value is -2.47. The van der Waals surface area contributed by atoms with Crippen LogP contribution in [0.25, 0.3) is 0 Å². The van der Waals surface area contributed by atoms with E-state index in [1.54, 1.807) is 11.1 Å². The van der Waals surface area contributed by atoms with Gasteiger partial charge >= 0.3 is 0 Å². The van der Waals surface area contributed by atoms with Crippen molar-refractivity contribution in [3.63, 3.8) is 0 Å². The predicted molar refractivity (Wildman–Crippen MR) is 116 cm³/mol. The molecular weight excluding hydrogens is 396 g/mol. The van der Waals surface area contributed by atoms with Crippen molar-refractivity contribution < 1.29 is 14.3 Å². The second-order valence-electron chi connectivity index (χ2n) is 9.42. The van der Waals surface area contributed by atoms with E-state index >= 15 is 0 Å². The van der Waals surface area contributed by atoms with Gasteiger partial charge in [-0.25, -0.2) is 4.98 Å². The molecule has 3 unspecified atom stereocenters. The molecule has 5 rings (SSSR count). The molecule has 30 heavy (non-hydrogen) atoms. The number of Topliss-reactive ketones (excluding diaryl/α,β-unsaturated/α-hetero) is 1. The lowest BCUT2D eigenvalue weighted by Gasteiger charge is -2.35. The van der Waals surface area contributed by atoms with Crippen molar-refractivity contribution in [2.24, 2.45) is 5.92 Å². The fourth-order valence-corrected chi connectivity index (χ4v) is 5.52. The van der Waals surface area contributed by atoms with E-state index in [1.165, 1.54) is 16.9 Å². The molecule has 0 radical (unpaired) electrons. The lowest BCUT2D eigenvalue weighted by molar-refractivity contribution is -0.131. The first-order valence-corrected chi connectivity index (χ1v) is 11.5. The van der Waals surface area contributed by atoms with Crippen LogP contribution < -0.4 is 4.90 Å². The summed E-state index contributed by atoms with van der Waals surface area (Å²) in [5.74, 6) is -0.0679. The van der Waals surface area contributed by atoms with Gasteiger partial charge in [0.1, 0.15) is 6.10 Å². The van der Waals surface area contributed by atoms with Crippen molar-refractivity contribution >= 4 is 28.2 Å². The van der Waals surface area contributed by atoms with Gasteiger partial charge in [-0.2, -0.15) is 0 Å². The van der Waals surface area contributed by atoms with Crippen molar-refractivity contribution in [2.45, 2.75) is 64.0 Å². The summed E-state index contributed by atoms with van der Waals surface area (Å²) in [5, 5.41) is 2.45. The summed E-state index contributed by atoms with van der Waals surface area (Å²) >= 11 is 1.40. The maximum Gasteiger partial charge on any atom is 0.296 e. The van der Waals surface area contributed by atoms with Gasteiger partial charge in [0.05, 0.1) is 17.5 Å². The monoisotopic (exact) mass is 422 g/mol. The predicted octanol–water partition coefficient (Wildman–Crippen LogP) is 4.94. The minimum Gasteiger partial charge on any atom is -0.483 e. The Bertz CT molecular complexity index is 1020. The minimum atomic E-state index is -0.483. The Morgan fingerprint density at radius 1 is 1.10 bits per heavy atom. The van der Waals surface area contributed by atoms with Crippen LogP contribution in [0.2, 0.25) is 0 Å². The number of hydrogen-bond donors (Lipinski definition) is 0. The number of ketones is 1. The summed E-state index contributed by atoms with van der Waals surface area (Å²) in [6, 6.07) is 7.78. The topological polar surface area (TPSA) is 59.5 Å². The highest BCUT2D eigenvalue weighted by Crippen LogP contribution is 2.48. The first-order chi connectivity index (χ1) is 14.4. The molecule has 0 spiro atoms. The number of benzene rings is 1. The molecule has 2 aromatic rings. The first-order valence-electron chi connectivity index (χ1n) is 10.6. The van der Waals surface area contributed by atoms with E-state index in [0.717, 1.165) is 31.2 Å². The molecule has 0 saturated heterocycles. The number of rotatable bonds is 2. The largest absolute Gasteiger partial charge is 0.483 e. The number of aromatic nitrogens is 1. The second kappa shape index (κ2) is 7.05. The highest BCUT2D eigenvalue weighted by Gasteiger charge is 2.53. The summed E-state index contributed by atoms with van der Waals surface area (Å²) in [4.78, 5) is 33.0. The minimum absolute atomic E-state index is 0.0303. The molecular formula is C24H26N2O3S. The fraction of sp³-hybridized carbons (Fsp3) is 0.458. The van der Waals surface area contributed by atoms with Crippen molar-refractivity contribution in [3.05, 3.63) is 58.3 Å². The number of carbonyl (C=O) groups excluding carboxylic acids is 2. The molecule has 1 aromatic heterocycles. The molecule has 3 atom stereocenters. The second-order valence-corrected chi connectivity index (χ2v) is 10.3. The van der Waals surface area contributed by atoms with Crippen molar-refractivity contribution in [1.82, 2.24) is 4.98 Å². The summed E-state index contributed by atoms with van der Waals surface area (Å²) < 4.78 is 6.20. The number of thiazole rings is 1. The summed E-state index contributed by atoms with van der Waals surface area (Å²) in [6.07, 6.45) is 5.26. The first kappa shape index (κ1) is 19.5. The smallest absolute Gasteiger partial charge is 0.296 e. The molecule has 156 valence electrons. The molecule has 5 nitrogen and oxygen atoms in total. The zero-order chi connectivity index (χ0) is 21.0. The standard InChI is InChI=1S/C24H26N2O3S/c1-24(2,3)15-10-8-14(9-11-15)19-18-20(27)16-6-4-5-7-17(16)29-21(18)22(28)26(19)23-25-12-13-30-23/h8-13,16-17,19H,4-7H2,1-3H3. The quantitative estimate of drug-likeness (QED) is 0.688. The molecule has 3 aliphatic rings. The SMILES string of the molecule is CC(C)(C)c1ccc(C2C3=C(OC4CCCCC4C3=O)C(=O)N2c2nccs2)cc1.